The van der Waals surface area contributed by atoms with Crippen molar-refractivity contribution in [3.05, 3.63) is 273 Å². The quantitative estimate of drug-likeness (QED) is 0.135. The first-order chi connectivity index (χ1) is 34.7. The average Bonchev–Trinajstić information content (AvgIpc) is 3.99. The monoisotopic (exact) mass is 911 g/mol. The summed E-state index contributed by atoms with van der Waals surface area (Å²) in [5.41, 5.74) is 17.0. The predicted molar refractivity (Wildman–Crippen MR) is 299 cm³/mol. The van der Waals surface area contributed by atoms with Crippen LogP contribution in [0.5, 0.6) is 0 Å². The molecule has 0 fully saturated rings. The third-order valence-electron chi connectivity index (χ3n) is 13.5. The molecule has 0 saturated carbocycles. The Morgan fingerprint density at radius 2 is 0.829 bits per heavy atom. The summed E-state index contributed by atoms with van der Waals surface area (Å²) in [4.78, 5) is 4.86. The molecule has 2 aromatic heterocycles. The van der Waals surface area contributed by atoms with E-state index in [1.807, 2.05) is 11.3 Å². The molecule has 0 aliphatic heterocycles. The van der Waals surface area contributed by atoms with E-state index in [0.717, 1.165) is 56.5 Å². The molecule has 13 rings (SSSR count). The minimum absolute atomic E-state index is 1.05. The van der Waals surface area contributed by atoms with Gasteiger partial charge in [-0.1, -0.05) is 182 Å². The van der Waals surface area contributed by atoms with Crippen LogP contribution < -0.4 is 9.80 Å². The van der Waals surface area contributed by atoms with Gasteiger partial charge in [0, 0.05) is 76.2 Å². The van der Waals surface area contributed by atoms with E-state index in [0.29, 0.717) is 0 Å². The van der Waals surface area contributed by atoms with Crippen molar-refractivity contribution in [2.75, 3.05) is 9.80 Å². The van der Waals surface area contributed by atoms with Crippen LogP contribution in [0.15, 0.2) is 273 Å². The Labute approximate surface area is 411 Å². The summed E-state index contributed by atoms with van der Waals surface area (Å²) in [6.07, 6.45) is 0. The van der Waals surface area contributed by atoms with Gasteiger partial charge in [0.25, 0.3) is 0 Å². The second kappa shape index (κ2) is 17.6. The highest BCUT2D eigenvalue weighted by atomic mass is 32.1. The van der Waals surface area contributed by atoms with E-state index in [-0.39, 0.29) is 0 Å². The minimum atomic E-state index is 1.05. The third-order valence-corrected chi connectivity index (χ3v) is 14.7. The van der Waals surface area contributed by atoms with Gasteiger partial charge in [-0.3, -0.25) is 0 Å². The van der Waals surface area contributed by atoms with Crippen LogP contribution in [0.25, 0.3) is 81.0 Å². The van der Waals surface area contributed by atoms with E-state index in [4.69, 9.17) is 0 Å². The Morgan fingerprint density at radius 1 is 0.314 bits per heavy atom. The van der Waals surface area contributed by atoms with Gasteiger partial charge in [-0.15, -0.1) is 11.3 Å². The molecule has 13 aromatic rings. The molecule has 4 heteroatoms. The zero-order chi connectivity index (χ0) is 46.4. The van der Waals surface area contributed by atoms with Crippen molar-refractivity contribution < 1.29 is 0 Å². The molecule has 70 heavy (non-hydrogen) atoms. The lowest BCUT2D eigenvalue weighted by Gasteiger charge is -2.31. The third kappa shape index (κ3) is 7.21. The van der Waals surface area contributed by atoms with E-state index < -0.39 is 0 Å². The van der Waals surface area contributed by atoms with Gasteiger partial charge in [-0.05, 0) is 113 Å². The number of thiophene rings is 1. The lowest BCUT2D eigenvalue weighted by atomic mass is 9.96. The summed E-state index contributed by atoms with van der Waals surface area (Å²) in [6.45, 7) is 0. The highest BCUT2D eigenvalue weighted by Gasteiger charge is 2.25. The Bertz CT molecular complexity index is 3980. The van der Waals surface area contributed by atoms with Crippen LogP contribution >= 0.6 is 11.3 Å². The summed E-state index contributed by atoms with van der Waals surface area (Å²) in [5, 5.41) is 4.98. The topological polar surface area (TPSA) is 11.4 Å². The summed E-state index contributed by atoms with van der Waals surface area (Å²) in [5.74, 6) is 0. The lowest BCUT2D eigenvalue weighted by Crippen LogP contribution is -2.14. The SMILES string of the molecule is c1ccc(-c2ccc(N(c3ccccc3)c3cc(-c4cc5c6ccccc6n(-c6ccccc6)c5c5c4sc4ccccc45)cc(N(c4ccccc4)c4ccccc4-c4ccccc4)c3)cc2)cc1. The van der Waals surface area contributed by atoms with Crippen molar-refractivity contribution in [3.63, 3.8) is 0 Å². The summed E-state index contributed by atoms with van der Waals surface area (Å²) >= 11 is 1.88. The number of para-hydroxylation sites is 5. The van der Waals surface area contributed by atoms with Gasteiger partial charge in [0.2, 0.25) is 0 Å². The van der Waals surface area contributed by atoms with Crippen molar-refractivity contribution in [1.82, 2.24) is 4.57 Å². The van der Waals surface area contributed by atoms with Gasteiger partial charge < -0.3 is 14.4 Å². The molecule has 0 radical (unpaired) electrons. The molecule has 11 aromatic carbocycles. The van der Waals surface area contributed by atoms with E-state index in [9.17, 15) is 0 Å². The maximum atomic E-state index is 2.48. The number of benzene rings is 11. The van der Waals surface area contributed by atoms with Crippen LogP contribution in [0.4, 0.5) is 34.1 Å². The summed E-state index contributed by atoms with van der Waals surface area (Å²) < 4.78 is 5.00. The Kier molecular flexibility index (Phi) is 10.4. The van der Waals surface area contributed by atoms with E-state index in [1.54, 1.807) is 0 Å². The molecule has 0 saturated heterocycles. The molecule has 0 unspecified atom stereocenters. The normalized spacial score (nSPS) is 11.4. The smallest absolute Gasteiger partial charge is 0.0634 e. The zero-order valence-corrected chi connectivity index (χ0v) is 39.0. The maximum Gasteiger partial charge on any atom is 0.0634 e. The van der Waals surface area contributed by atoms with Crippen LogP contribution in [0.1, 0.15) is 0 Å². The maximum absolute atomic E-state index is 2.48. The van der Waals surface area contributed by atoms with Crippen LogP contribution in [0, 0.1) is 0 Å². The highest BCUT2D eigenvalue weighted by molar-refractivity contribution is 7.26. The van der Waals surface area contributed by atoms with Crippen molar-refractivity contribution >= 4 is 87.4 Å². The fourth-order valence-corrected chi connectivity index (χ4v) is 11.6. The summed E-state index contributed by atoms with van der Waals surface area (Å²) in [7, 11) is 0. The van der Waals surface area contributed by atoms with E-state index in [1.165, 1.54) is 58.7 Å². The second-order valence-corrected chi connectivity index (χ2v) is 18.7. The predicted octanol–water partition coefficient (Wildman–Crippen LogP) is 19.1. The number of anilines is 6. The van der Waals surface area contributed by atoms with E-state index in [2.05, 4.69) is 287 Å². The molecular weight excluding hydrogens is 867 g/mol. The number of hydrogen-bond donors (Lipinski definition) is 0. The Hall–Kier alpha value is -8.96. The van der Waals surface area contributed by atoms with E-state index >= 15 is 0 Å². The van der Waals surface area contributed by atoms with Crippen molar-refractivity contribution in [2.45, 2.75) is 0 Å². The van der Waals surface area contributed by atoms with Crippen LogP contribution in [0.2, 0.25) is 0 Å². The lowest BCUT2D eigenvalue weighted by molar-refractivity contribution is 1.19. The standard InChI is InChI=1S/C66H45N3S/c1-6-22-46(23-7-1)47-38-40-53(41-39-47)67(50-26-10-3-11-27-50)54-42-49(43-55(44-54)68(51-28-12-4-13-29-51)61-35-19-16-32-56(61)48-24-8-2-9-25-48)59-45-60-57-33-17-20-36-62(57)69(52-30-14-5-15-31-52)65(60)64-58-34-18-21-37-63(58)70-66(59)64/h1-45H. The molecule has 330 valence electrons. The highest BCUT2D eigenvalue weighted by Crippen LogP contribution is 2.51. The van der Waals surface area contributed by atoms with Gasteiger partial charge in [0.05, 0.1) is 16.7 Å². The number of aromatic nitrogens is 1. The second-order valence-electron chi connectivity index (χ2n) is 17.7. The van der Waals surface area contributed by atoms with Gasteiger partial charge in [-0.2, -0.15) is 0 Å². The molecule has 0 aliphatic rings. The van der Waals surface area contributed by atoms with Crippen LogP contribution in [-0.2, 0) is 0 Å². The first-order valence-electron chi connectivity index (χ1n) is 23.8. The van der Waals surface area contributed by atoms with Crippen molar-refractivity contribution in [3.8, 4) is 39.1 Å². The molecule has 2 heterocycles. The molecular formula is C66H45N3S. The molecule has 0 spiro atoms. The van der Waals surface area contributed by atoms with Gasteiger partial charge in [-0.25, -0.2) is 0 Å². The first-order valence-corrected chi connectivity index (χ1v) is 24.7. The fourth-order valence-electron chi connectivity index (χ4n) is 10.4. The number of rotatable bonds is 10. The number of hydrogen-bond acceptors (Lipinski definition) is 3. The molecule has 0 N–H and O–H groups in total. The van der Waals surface area contributed by atoms with Gasteiger partial charge in [0.1, 0.15) is 0 Å². The van der Waals surface area contributed by atoms with Gasteiger partial charge in [0.15, 0.2) is 0 Å². The van der Waals surface area contributed by atoms with Crippen molar-refractivity contribution in [1.29, 1.82) is 0 Å². The molecule has 0 atom stereocenters. The summed E-state index contributed by atoms with van der Waals surface area (Å²) in [6, 6.07) is 99.2. The van der Waals surface area contributed by atoms with Gasteiger partial charge >= 0.3 is 0 Å². The largest absolute Gasteiger partial charge is 0.310 e. The zero-order valence-electron chi connectivity index (χ0n) is 38.2. The van der Waals surface area contributed by atoms with Crippen molar-refractivity contribution in [2.24, 2.45) is 0 Å². The minimum Gasteiger partial charge on any atom is -0.310 e. The molecule has 3 nitrogen and oxygen atoms in total. The molecule has 0 bridgehead atoms. The Balaban J connectivity index is 1.14. The molecule has 0 aliphatic carbocycles. The Morgan fingerprint density at radius 3 is 1.53 bits per heavy atom. The molecule has 0 amide bonds. The average molecular weight is 912 g/mol. The first kappa shape index (κ1) is 41.2. The number of nitrogens with zero attached hydrogens (tertiary/aromatic N) is 3. The van der Waals surface area contributed by atoms with Crippen LogP contribution in [0.3, 0.4) is 0 Å². The van der Waals surface area contributed by atoms with Crippen LogP contribution in [-0.4, -0.2) is 4.57 Å². The number of fused-ring (bicyclic) bond motifs is 7. The fraction of sp³-hybridized carbons (Fsp3) is 0.